The maximum Gasteiger partial charge on any atom is 0.405 e. The molecular weight excluding hydrogens is 402 g/mol. The lowest BCUT2D eigenvalue weighted by atomic mass is 9.98. The average Bonchev–Trinajstić information content (AvgIpc) is 3.37. The number of nitrogens with zero attached hydrogens (tertiary/aromatic N) is 4. The second-order valence-corrected chi connectivity index (χ2v) is 6.54. The zero-order valence-corrected chi connectivity index (χ0v) is 16.3. The smallest absolute Gasteiger partial charge is 0.405 e. The van der Waals surface area contributed by atoms with Crippen molar-refractivity contribution in [3.05, 3.63) is 5.82 Å². The summed E-state index contributed by atoms with van der Waals surface area (Å²) >= 11 is 0. The number of carbonyl (C=O) groups is 5. The molecule has 3 atom stereocenters. The van der Waals surface area contributed by atoms with Gasteiger partial charge >= 0.3 is 12.1 Å². The van der Waals surface area contributed by atoms with Gasteiger partial charge in [-0.15, -0.1) is 10.2 Å². The van der Waals surface area contributed by atoms with Gasteiger partial charge in [0.2, 0.25) is 11.8 Å². The molecule has 0 aliphatic carbocycles. The van der Waals surface area contributed by atoms with Crippen LogP contribution < -0.4 is 21.3 Å². The van der Waals surface area contributed by atoms with Crippen LogP contribution in [0.2, 0.25) is 0 Å². The molecule has 0 bridgehead atoms. The number of hydrogen-bond acceptors (Lipinski definition) is 8. The number of imide groups is 1. The van der Waals surface area contributed by atoms with Crippen LogP contribution in [0.25, 0.3) is 0 Å². The predicted octanol–water partition coefficient (Wildman–Crippen LogP) is -2.47. The number of nitrogens with one attached hydrogen (secondary N) is 5. The standard InChI is InChI=1S/C15H23N9O6/c1-3-7(2)11(19-15(29)30)13(27)17-6-10(25)24-8(4-18-14(24)28)12(26)16-5-9-20-22-23-21-9/h7-8,11,19H,3-6H2,1-2H3,(H,16,26)(H,17,27)(H,18,28)(H,29,30)(H,20,21,22,23)/t7-,8-,11-/m0/s1. The van der Waals surface area contributed by atoms with Gasteiger partial charge in [0.1, 0.15) is 12.1 Å². The molecule has 0 radical (unpaired) electrons. The molecule has 2 heterocycles. The van der Waals surface area contributed by atoms with Crippen molar-refractivity contribution in [3.8, 4) is 0 Å². The zero-order valence-electron chi connectivity index (χ0n) is 16.3. The van der Waals surface area contributed by atoms with Crippen LogP contribution in [0.1, 0.15) is 26.1 Å². The molecule has 1 fully saturated rings. The summed E-state index contributed by atoms with van der Waals surface area (Å²) in [5.41, 5.74) is 0. The molecule has 1 aliphatic rings. The topological polar surface area (TPSA) is 211 Å². The minimum absolute atomic E-state index is 0.0593. The highest BCUT2D eigenvalue weighted by Crippen LogP contribution is 2.10. The molecule has 1 aromatic rings. The Morgan fingerprint density at radius 3 is 2.63 bits per heavy atom. The van der Waals surface area contributed by atoms with Crippen molar-refractivity contribution in [2.75, 3.05) is 13.1 Å². The third-order valence-electron chi connectivity index (χ3n) is 4.55. The Kier molecular flexibility index (Phi) is 7.60. The third-order valence-corrected chi connectivity index (χ3v) is 4.55. The van der Waals surface area contributed by atoms with Crippen molar-refractivity contribution in [1.82, 2.24) is 46.8 Å². The van der Waals surface area contributed by atoms with Gasteiger partial charge in [-0.05, 0) is 5.92 Å². The van der Waals surface area contributed by atoms with Crippen LogP contribution in [-0.2, 0) is 20.9 Å². The van der Waals surface area contributed by atoms with Crippen molar-refractivity contribution in [2.45, 2.75) is 38.9 Å². The molecule has 0 saturated carbocycles. The Morgan fingerprint density at radius 2 is 2.03 bits per heavy atom. The lowest BCUT2D eigenvalue weighted by molar-refractivity contribution is -0.136. The highest BCUT2D eigenvalue weighted by molar-refractivity contribution is 6.03. The molecular formula is C15H23N9O6. The number of tetrazole rings is 1. The van der Waals surface area contributed by atoms with Gasteiger partial charge in [-0.3, -0.25) is 14.4 Å². The van der Waals surface area contributed by atoms with E-state index in [0.29, 0.717) is 11.3 Å². The van der Waals surface area contributed by atoms with Crippen molar-refractivity contribution < 1.29 is 29.1 Å². The van der Waals surface area contributed by atoms with Gasteiger partial charge in [-0.25, -0.2) is 14.5 Å². The summed E-state index contributed by atoms with van der Waals surface area (Å²) in [6.45, 7) is 2.71. The Bertz CT molecular complexity index is 799. The second-order valence-electron chi connectivity index (χ2n) is 6.54. The van der Waals surface area contributed by atoms with E-state index in [9.17, 15) is 24.0 Å². The van der Waals surface area contributed by atoms with Gasteiger partial charge in [-0.1, -0.05) is 25.5 Å². The van der Waals surface area contributed by atoms with Crippen molar-refractivity contribution >= 4 is 29.8 Å². The largest absolute Gasteiger partial charge is 0.465 e. The molecule has 30 heavy (non-hydrogen) atoms. The Balaban J connectivity index is 1.95. The first-order valence-corrected chi connectivity index (χ1v) is 9.11. The van der Waals surface area contributed by atoms with Crippen molar-refractivity contribution in [3.63, 3.8) is 0 Å². The maximum atomic E-state index is 12.5. The van der Waals surface area contributed by atoms with E-state index in [1.165, 1.54) is 0 Å². The van der Waals surface area contributed by atoms with Crippen molar-refractivity contribution in [1.29, 1.82) is 0 Å². The Labute approximate surface area is 170 Å². The summed E-state index contributed by atoms with van der Waals surface area (Å²) < 4.78 is 0. The van der Waals surface area contributed by atoms with E-state index >= 15 is 0 Å². The summed E-state index contributed by atoms with van der Waals surface area (Å²) in [5.74, 6) is -2.26. The number of aromatic nitrogens is 4. The maximum absolute atomic E-state index is 12.5. The molecule has 1 saturated heterocycles. The first-order chi connectivity index (χ1) is 14.2. The molecule has 1 aromatic heterocycles. The second kappa shape index (κ2) is 10.1. The van der Waals surface area contributed by atoms with E-state index in [1.54, 1.807) is 13.8 Å². The highest BCUT2D eigenvalue weighted by Gasteiger charge is 2.40. The van der Waals surface area contributed by atoms with Gasteiger partial charge in [0.05, 0.1) is 13.1 Å². The summed E-state index contributed by atoms with van der Waals surface area (Å²) in [6.07, 6.45) is -0.859. The van der Waals surface area contributed by atoms with Gasteiger partial charge in [0.25, 0.3) is 5.91 Å². The normalized spacial score (nSPS) is 17.6. The predicted molar refractivity (Wildman–Crippen MR) is 97.5 cm³/mol. The lowest BCUT2D eigenvalue weighted by Crippen LogP contribution is -2.54. The van der Waals surface area contributed by atoms with E-state index < -0.39 is 48.5 Å². The van der Waals surface area contributed by atoms with Crippen LogP contribution >= 0.6 is 0 Å². The quantitative estimate of drug-likeness (QED) is 0.247. The number of urea groups is 1. The SMILES string of the molecule is CC[C@H](C)[C@H](NC(=O)O)C(=O)NCC(=O)N1C(=O)NC[C@H]1C(=O)NCc1nn[nH]n1. The van der Waals surface area contributed by atoms with Crippen LogP contribution in [0.15, 0.2) is 0 Å². The number of amides is 6. The van der Waals surface area contributed by atoms with E-state index in [0.717, 1.165) is 0 Å². The summed E-state index contributed by atoms with van der Waals surface area (Å²) in [7, 11) is 0. The van der Waals surface area contributed by atoms with E-state index in [1.807, 2.05) is 0 Å². The van der Waals surface area contributed by atoms with Gasteiger partial charge in [-0.2, -0.15) is 5.21 Å². The molecule has 6 N–H and O–H groups in total. The zero-order chi connectivity index (χ0) is 22.3. The molecule has 1 aliphatic heterocycles. The van der Waals surface area contributed by atoms with E-state index in [4.69, 9.17) is 5.11 Å². The third kappa shape index (κ3) is 5.62. The Morgan fingerprint density at radius 1 is 1.30 bits per heavy atom. The lowest BCUT2D eigenvalue weighted by Gasteiger charge is -2.23. The number of H-pyrrole nitrogens is 1. The molecule has 15 heteroatoms. The highest BCUT2D eigenvalue weighted by atomic mass is 16.4. The van der Waals surface area contributed by atoms with Crippen LogP contribution in [0, 0.1) is 5.92 Å². The van der Waals surface area contributed by atoms with Gasteiger partial charge < -0.3 is 26.4 Å². The van der Waals surface area contributed by atoms with Crippen LogP contribution in [0.4, 0.5) is 9.59 Å². The number of aromatic amines is 1. The number of carboxylic acid groups (broad SMARTS) is 1. The fourth-order valence-corrected chi connectivity index (χ4v) is 2.73. The molecule has 6 amide bonds. The first-order valence-electron chi connectivity index (χ1n) is 9.11. The molecule has 0 unspecified atom stereocenters. The minimum atomic E-state index is -1.38. The Hall–Kier alpha value is -3.78. The molecule has 164 valence electrons. The fraction of sp³-hybridized carbons (Fsp3) is 0.600. The summed E-state index contributed by atoms with van der Waals surface area (Å²) in [6, 6.07) is -2.98. The van der Waals surface area contributed by atoms with E-state index in [2.05, 4.69) is 41.9 Å². The van der Waals surface area contributed by atoms with Crippen molar-refractivity contribution in [2.24, 2.45) is 5.92 Å². The van der Waals surface area contributed by atoms with Gasteiger partial charge in [0, 0.05) is 6.54 Å². The number of rotatable bonds is 9. The summed E-state index contributed by atoms with van der Waals surface area (Å²) in [5, 5.41) is 31.1. The molecule has 0 aromatic carbocycles. The fourth-order valence-electron chi connectivity index (χ4n) is 2.73. The van der Waals surface area contributed by atoms with Crippen LogP contribution in [-0.4, -0.2) is 85.6 Å². The number of hydrogen-bond donors (Lipinski definition) is 6. The molecule has 2 rings (SSSR count). The van der Waals surface area contributed by atoms with Crippen LogP contribution in [0.3, 0.4) is 0 Å². The first kappa shape index (κ1) is 22.5. The minimum Gasteiger partial charge on any atom is -0.465 e. The number of carbonyl (C=O) groups excluding carboxylic acids is 4. The molecule has 0 spiro atoms. The summed E-state index contributed by atoms with van der Waals surface area (Å²) in [4.78, 5) is 60.8. The average molecular weight is 425 g/mol. The molecule has 15 nitrogen and oxygen atoms in total. The van der Waals surface area contributed by atoms with E-state index in [-0.39, 0.29) is 24.8 Å². The monoisotopic (exact) mass is 425 g/mol. The van der Waals surface area contributed by atoms with Crippen LogP contribution in [0.5, 0.6) is 0 Å². The van der Waals surface area contributed by atoms with Gasteiger partial charge in [0.15, 0.2) is 5.82 Å².